The number of rotatable bonds is 9. The van der Waals surface area contributed by atoms with Crippen LogP contribution in [0.15, 0.2) is 24.3 Å². The Morgan fingerprint density at radius 2 is 1.91 bits per heavy atom. The number of benzene rings is 1. The van der Waals surface area contributed by atoms with Gasteiger partial charge in [-0.25, -0.2) is 0 Å². The van der Waals surface area contributed by atoms with E-state index < -0.39 is 22.6 Å². The quantitative estimate of drug-likeness (QED) is 0.514. The Labute approximate surface area is 205 Å². The summed E-state index contributed by atoms with van der Waals surface area (Å²) in [5.41, 5.74) is 1.74. The summed E-state index contributed by atoms with van der Waals surface area (Å²) in [6.07, 6.45) is 0.757. The molecule has 1 aromatic rings. The minimum atomic E-state index is -0.760. The number of nitrogens with zero attached hydrogens (tertiary/aromatic N) is 2. The summed E-state index contributed by atoms with van der Waals surface area (Å²) in [6.45, 7) is 9.87. The van der Waals surface area contributed by atoms with Crippen LogP contribution in [0.25, 0.3) is 0 Å². The molecule has 3 aliphatic rings. The molecule has 0 saturated carbocycles. The van der Waals surface area contributed by atoms with E-state index in [0.717, 1.165) is 25.2 Å². The van der Waals surface area contributed by atoms with Crippen molar-refractivity contribution in [1.29, 1.82) is 0 Å². The average Bonchev–Trinajstić information content (AvgIpc) is 3.40. The summed E-state index contributed by atoms with van der Waals surface area (Å²) in [5, 5.41) is 12.7. The highest BCUT2D eigenvalue weighted by Gasteiger charge is 2.76. The van der Waals surface area contributed by atoms with Crippen LogP contribution in [0.3, 0.4) is 0 Å². The SMILES string of the molecule is CCOC(=O)[C@@H]1[C@H]2C(=O)N(CCO)C(C(=O)Nc3ccc(N(CC)CC)cc3)C23S[C@@H]1CC3C. The van der Waals surface area contributed by atoms with Crippen LogP contribution in [0.4, 0.5) is 11.4 Å². The van der Waals surface area contributed by atoms with Crippen molar-refractivity contribution in [1.82, 2.24) is 4.90 Å². The molecule has 2 bridgehead atoms. The maximum Gasteiger partial charge on any atom is 0.310 e. The third-order valence-corrected chi connectivity index (χ3v) is 9.73. The summed E-state index contributed by atoms with van der Waals surface area (Å²) in [7, 11) is 0. The number of aliphatic hydroxyl groups is 1. The number of carbonyl (C=O) groups is 3. The van der Waals surface area contributed by atoms with Crippen molar-refractivity contribution in [2.45, 2.75) is 50.2 Å². The molecule has 1 aromatic carbocycles. The highest BCUT2D eigenvalue weighted by molar-refractivity contribution is 8.02. The number of fused-ring (bicyclic) bond motifs is 1. The van der Waals surface area contributed by atoms with Crippen LogP contribution in [0.2, 0.25) is 0 Å². The Hall–Kier alpha value is -2.26. The second-order valence-electron chi connectivity index (χ2n) is 9.27. The van der Waals surface area contributed by atoms with Gasteiger partial charge in [0.1, 0.15) is 6.04 Å². The number of aliphatic hydroxyl groups excluding tert-OH is 1. The van der Waals surface area contributed by atoms with E-state index in [-0.39, 0.29) is 48.7 Å². The van der Waals surface area contributed by atoms with Crippen LogP contribution in [0.1, 0.15) is 34.1 Å². The molecule has 6 atom stereocenters. The summed E-state index contributed by atoms with van der Waals surface area (Å²) in [5.74, 6) is -1.95. The summed E-state index contributed by atoms with van der Waals surface area (Å²) < 4.78 is 4.62. The van der Waals surface area contributed by atoms with Gasteiger partial charge >= 0.3 is 5.97 Å². The number of carbonyl (C=O) groups excluding carboxylic acids is 3. The van der Waals surface area contributed by atoms with Crippen LogP contribution >= 0.6 is 11.8 Å². The molecule has 4 rings (SSSR count). The maximum absolute atomic E-state index is 13.7. The van der Waals surface area contributed by atoms with Gasteiger partial charge in [-0.2, -0.15) is 0 Å². The molecule has 3 heterocycles. The van der Waals surface area contributed by atoms with Gasteiger partial charge in [0.2, 0.25) is 11.8 Å². The molecule has 0 aromatic heterocycles. The second kappa shape index (κ2) is 9.77. The van der Waals surface area contributed by atoms with Crippen LogP contribution in [-0.4, -0.2) is 76.7 Å². The van der Waals surface area contributed by atoms with E-state index in [9.17, 15) is 19.5 Å². The zero-order valence-electron chi connectivity index (χ0n) is 20.3. The first kappa shape index (κ1) is 24.9. The first-order chi connectivity index (χ1) is 16.3. The number of thioether (sulfide) groups is 1. The topological polar surface area (TPSA) is 99.2 Å². The maximum atomic E-state index is 13.7. The zero-order valence-corrected chi connectivity index (χ0v) is 21.1. The third-order valence-electron chi connectivity index (χ3n) is 7.66. The minimum Gasteiger partial charge on any atom is -0.466 e. The largest absolute Gasteiger partial charge is 0.466 e. The normalized spacial score (nSPS) is 31.5. The fourth-order valence-corrected chi connectivity index (χ4v) is 8.64. The Morgan fingerprint density at radius 1 is 1.24 bits per heavy atom. The Bertz CT molecular complexity index is 937. The molecule has 8 nitrogen and oxygen atoms in total. The highest BCUT2D eigenvalue weighted by Crippen LogP contribution is 2.68. The standard InChI is InChI=1S/C25H35N3O5S/c1-5-27(6-2)17-10-8-16(9-11-17)26-22(30)21-25-15(4)14-18(34-25)19(24(32)33-7-3)20(25)23(31)28(21)12-13-29/h8-11,15,18-21,29H,5-7,12-14H2,1-4H3,(H,26,30)/t15?,18-,19+,20+,21?,25?/m1/s1. The monoisotopic (exact) mass is 489 g/mol. The molecule has 2 N–H and O–H groups in total. The molecule has 3 fully saturated rings. The number of hydrogen-bond acceptors (Lipinski definition) is 7. The van der Waals surface area contributed by atoms with Gasteiger partial charge in [0.05, 0.1) is 29.8 Å². The summed E-state index contributed by atoms with van der Waals surface area (Å²) in [6, 6.07) is 6.94. The molecule has 3 unspecified atom stereocenters. The Balaban J connectivity index is 1.64. The average molecular weight is 490 g/mol. The Morgan fingerprint density at radius 3 is 2.50 bits per heavy atom. The molecule has 1 spiro atoms. The number of ether oxygens (including phenoxy) is 1. The smallest absolute Gasteiger partial charge is 0.310 e. The van der Waals surface area contributed by atoms with Crippen molar-refractivity contribution in [2.24, 2.45) is 17.8 Å². The van der Waals surface area contributed by atoms with Gasteiger partial charge in [-0.3, -0.25) is 14.4 Å². The van der Waals surface area contributed by atoms with Gasteiger partial charge in [-0.1, -0.05) is 6.92 Å². The predicted octanol–water partition coefficient (Wildman–Crippen LogP) is 2.36. The lowest BCUT2D eigenvalue weighted by Crippen LogP contribution is -2.54. The van der Waals surface area contributed by atoms with E-state index in [0.29, 0.717) is 5.69 Å². The minimum absolute atomic E-state index is 0.0390. The van der Waals surface area contributed by atoms with E-state index >= 15 is 0 Å². The van der Waals surface area contributed by atoms with Crippen molar-refractivity contribution in [3.8, 4) is 0 Å². The van der Waals surface area contributed by atoms with Crippen molar-refractivity contribution in [2.75, 3.05) is 43.1 Å². The van der Waals surface area contributed by atoms with Crippen molar-refractivity contribution < 1.29 is 24.2 Å². The number of likely N-dealkylation sites (tertiary alicyclic amines) is 1. The summed E-state index contributed by atoms with van der Waals surface area (Å²) in [4.78, 5) is 43.9. The van der Waals surface area contributed by atoms with Gasteiger partial charge in [-0.15, -0.1) is 11.8 Å². The van der Waals surface area contributed by atoms with Gasteiger partial charge in [0.15, 0.2) is 0 Å². The number of hydrogen-bond donors (Lipinski definition) is 2. The molecule has 34 heavy (non-hydrogen) atoms. The molecule has 186 valence electrons. The first-order valence-electron chi connectivity index (χ1n) is 12.3. The number of esters is 1. The predicted molar refractivity (Wildman–Crippen MR) is 133 cm³/mol. The van der Waals surface area contributed by atoms with Crippen LogP contribution < -0.4 is 10.2 Å². The molecule has 0 radical (unpaired) electrons. The fourth-order valence-electron chi connectivity index (χ4n) is 6.23. The lowest BCUT2D eigenvalue weighted by molar-refractivity contribution is -0.154. The molecule has 0 aliphatic carbocycles. The van der Waals surface area contributed by atoms with Crippen LogP contribution in [-0.2, 0) is 19.1 Å². The molecule has 3 saturated heterocycles. The first-order valence-corrected chi connectivity index (χ1v) is 13.1. The van der Waals surface area contributed by atoms with Crippen LogP contribution in [0.5, 0.6) is 0 Å². The van der Waals surface area contributed by atoms with Gasteiger partial charge in [0.25, 0.3) is 0 Å². The molecular formula is C25H35N3O5S. The van der Waals surface area contributed by atoms with Gasteiger partial charge in [0, 0.05) is 36.3 Å². The molecule has 9 heteroatoms. The number of amides is 2. The summed E-state index contributed by atoms with van der Waals surface area (Å²) >= 11 is 1.60. The fraction of sp³-hybridized carbons (Fsp3) is 0.640. The number of nitrogens with one attached hydrogen (secondary N) is 1. The zero-order chi connectivity index (χ0) is 24.6. The van der Waals surface area contributed by atoms with E-state index in [1.54, 1.807) is 18.7 Å². The van der Waals surface area contributed by atoms with E-state index in [2.05, 4.69) is 31.0 Å². The van der Waals surface area contributed by atoms with Crippen LogP contribution in [0, 0.1) is 17.8 Å². The lowest BCUT2D eigenvalue weighted by atomic mass is 9.66. The van der Waals surface area contributed by atoms with Gasteiger partial charge in [-0.05, 0) is 57.4 Å². The second-order valence-corrected chi connectivity index (χ2v) is 10.8. The Kier molecular flexibility index (Phi) is 7.14. The number of anilines is 2. The molecular weight excluding hydrogens is 454 g/mol. The van der Waals surface area contributed by atoms with E-state index in [1.165, 1.54) is 4.90 Å². The van der Waals surface area contributed by atoms with E-state index in [1.807, 2.05) is 24.3 Å². The van der Waals surface area contributed by atoms with E-state index in [4.69, 9.17) is 4.74 Å². The van der Waals surface area contributed by atoms with Crippen molar-refractivity contribution >= 4 is 40.9 Å². The van der Waals surface area contributed by atoms with Crippen molar-refractivity contribution in [3.63, 3.8) is 0 Å². The van der Waals surface area contributed by atoms with Crippen molar-refractivity contribution in [3.05, 3.63) is 24.3 Å². The molecule has 3 aliphatic heterocycles. The lowest BCUT2D eigenvalue weighted by Gasteiger charge is -2.38. The molecule has 2 amide bonds. The number of β-amino-alcohol motifs (C(OH)–C–C–N with tert-alkyl or cyclic N) is 1. The van der Waals surface area contributed by atoms with Gasteiger partial charge < -0.3 is 25.0 Å². The third kappa shape index (κ3) is 3.77. The highest BCUT2D eigenvalue weighted by atomic mass is 32.2.